The van der Waals surface area contributed by atoms with Gasteiger partial charge in [-0.05, 0) is 13.8 Å². The lowest BCUT2D eigenvalue weighted by molar-refractivity contribution is -0.132. The number of hydrogen-bond acceptors (Lipinski definition) is 2. The van der Waals surface area contributed by atoms with E-state index in [0.29, 0.717) is 19.5 Å². The highest BCUT2D eigenvalue weighted by Gasteiger charge is 2.25. The molecule has 2 amide bonds. The van der Waals surface area contributed by atoms with E-state index in [9.17, 15) is 9.59 Å². The van der Waals surface area contributed by atoms with Crippen LogP contribution in [0.1, 0.15) is 20.3 Å². The quantitative estimate of drug-likeness (QED) is 0.585. The van der Waals surface area contributed by atoms with Gasteiger partial charge in [0, 0.05) is 13.0 Å². The number of nitrogens with zero attached hydrogens (tertiary/aromatic N) is 1. The lowest BCUT2D eigenvalue weighted by atomic mass is 10.3. The highest BCUT2D eigenvalue weighted by molar-refractivity contribution is 5.89. The Morgan fingerprint density at radius 2 is 2.29 bits per heavy atom. The fourth-order valence-electron chi connectivity index (χ4n) is 1.33. The van der Waals surface area contributed by atoms with E-state index in [4.69, 9.17) is 0 Å². The summed E-state index contributed by atoms with van der Waals surface area (Å²) in [5, 5.41) is 2.62. The summed E-state index contributed by atoms with van der Waals surface area (Å²) in [4.78, 5) is 24.4. The molecule has 0 saturated carbocycles. The van der Waals surface area contributed by atoms with Crippen molar-refractivity contribution >= 4 is 11.8 Å². The smallest absolute Gasteiger partial charge is 0.245 e. The first-order chi connectivity index (χ1) is 6.65. The van der Waals surface area contributed by atoms with Crippen molar-refractivity contribution in [2.75, 3.05) is 13.1 Å². The van der Waals surface area contributed by atoms with Gasteiger partial charge in [-0.1, -0.05) is 5.92 Å². The molecular weight excluding hydrogens is 180 g/mol. The zero-order valence-corrected chi connectivity index (χ0v) is 8.46. The first kappa shape index (κ1) is 10.6. The van der Waals surface area contributed by atoms with Crippen LogP contribution in [0.15, 0.2) is 0 Å². The van der Waals surface area contributed by atoms with E-state index in [1.54, 1.807) is 18.7 Å². The van der Waals surface area contributed by atoms with Crippen LogP contribution in [0.3, 0.4) is 0 Å². The van der Waals surface area contributed by atoms with E-state index >= 15 is 0 Å². The maximum Gasteiger partial charge on any atom is 0.245 e. The summed E-state index contributed by atoms with van der Waals surface area (Å²) in [5.41, 5.74) is 0. The SMILES string of the molecule is CC#CCN1CCC(=O)NC(C)C1=O. The molecule has 0 aromatic rings. The number of carbonyl (C=O) groups excluding carboxylic acids is 2. The van der Waals surface area contributed by atoms with Gasteiger partial charge in [0.25, 0.3) is 0 Å². The monoisotopic (exact) mass is 194 g/mol. The topological polar surface area (TPSA) is 49.4 Å². The van der Waals surface area contributed by atoms with Gasteiger partial charge in [-0.2, -0.15) is 0 Å². The molecule has 0 aromatic carbocycles. The minimum atomic E-state index is -0.427. The molecule has 0 aromatic heterocycles. The van der Waals surface area contributed by atoms with Crippen molar-refractivity contribution in [2.24, 2.45) is 0 Å². The molecule has 1 saturated heterocycles. The van der Waals surface area contributed by atoms with Crippen LogP contribution in [0.2, 0.25) is 0 Å². The fourth-order valence-corrected chi connectivity index (χ4v) is 1.33. The zero-order valence-electron chi connectivity index (χ0n) is 8.46. The van der Waals surface area contributed by atoms with Crippen LogP contribution in [0.25, 0.3) is 0 Å². The molecule has 1 unspecified atom stereocenters. The number of amides is 2. The first-order valence-electron chi connectivity index (χ1n) is 4.63. The van der Waals surface area contributed by atoms with Gasteiger partial charge >= 0.3 is 0 Å². The summed E-state index contributed by atoms with van der Waals surface area (Å²) >= 11 is 0. The number of nitrogens with one attached hydrogen (secondary N) is 1. The minimum absolute atomic E-state index is 0.0569. The summed E-state index contributed by atoms with van der Waals surface area (Å²) in [6.07, 6.45) is 0.363. The van der Waals surface area contributed by atoms with E-state index in [0.717, 1.165) is 0 Å². The highest BCUT2D eigenvalue weighted by Crippen LogP contribution is 2.02. The van der Waals surface area contributed by atoms with E-state index in [1.807, 2.05) is 0 Å². The Hall–Kier alpha value is -1.50. The Kier molecular flexibility index (Phi) is 3.52. The maximum atomic E-state index is 11.6. The molecule has 1 aliphatic heterocycles. The zero-order chi connectivity index (χ0) is 10.6. The summed E-state index contributed by atoms with van der Waals surface area (Å²) in [6, 6.07) is -0.427. The largest absolute Gasteiger partial charge is 0.345 e. The first-order valence-corrected chi connectivity index (χ1v) is 4.63. The van der Waals surface area contributed by atoms with Crippen LogP contribution in [0, 0.1) is 11.8 Å². The molecule has 76 valence electrons. The van der Waals surface area contributed by atoms with Crippen LogP contribution < -0.4 is 5.32 Å². The Balaban J connectivity index is 2.68. The molecular formula is C10H14N2O2. The van der Waals surface area contributed by atoms with E-state index < -0.39 is 6.04 Å². The molecule has 0 bridgehead atoms. The van der Waals surface area contributed by atoms with Crippen molar-refractivity contribution in [1.29, 1.82) is 0 Å². The summed E-state index contributed by atoms with van der Waals surface area (Å²) < 4.78 is 0. The molecule has 4 heteroatoms. The van der Waals surface area contributed by atoms with Crippen molar-refractivity contribution in [3.05, 3.63) is 0 Å². The minimum Gasteiger partial charge on any atom is -0.345 e. The average Bonchev–Trinajstić information content (AvgIpc) is 2.26. The molecule has 1 fully saturated rings. The second-order valence-corrected chi connectivity index (χ2v) is 3.23. The van der Waals surface area contributed by atoms with Crippen LogP contribution in [-0.4, -0.2) is 35.8 Å². The van der Waals surface area contributed by atoms with Crippen LogP contribution in [0.4, 0.5) is 0 Å². The molecule has 4 nitrogen and oxygen atoms in total. The van der Waals surface area contributed by atoms with Gasteiger partial charge in [-0.3, -0.25) is 9.59 Å². The lowest BCUT2D eigenvalue weighted by Gasteiger charge is -2.19. The standard InChI is InChI=1S/C10H14N2O2/c1-3-4-6-12-7-5-9(13)11-8(2)10(12)14/h8H,5-7H2,1-2H3,(H,11,13). The summed E-state index contributed by atoms with van der Waals surface area (Å²) in [6.45, 7) is 4.30. The van der Waals surface area contributed by atoms with Crippen molar-refractivity contribution in [3.8, 4) is 11.8 Å². The second-order valence-electron chi connectivity index (χ2n) is 3.23. The molecule has 1 N–H and O–H groups in total. The van der Waals surface area contributed by atoms with Crippen molar-refractivity contribution in [2.45, 2.75) is 26.3 Å². The predicted octanol–water partition coefficient (Wildman–Crippen LogP) is -0.253. The van der Waals surface area contributed by atoms with Crippen LogP contribution in [-0.2, 0) is 9.59 Å². The van der Waals surface area contributed by atoms with Gasteiger partial charge in [-0.25, -0.2) is 0 Å². The Morgan fingerprint density at radius 3 is 2.93 bits per heavy atom. The maximum absolute atomic E-state index is 11.6. The second kappa shape index (κ2) is 4.66. The number of hydrogen-bond donors (Lipinski definition) is 1. The molecule has 1 heterocycles. The van der Waals surface area contributed by atoms with Gasteiger partial charge in [0.1, 0.15) is 6.04 Å². The molecule has 0 spiro atoms. The van der Waals surface area contributed by atoms with Gasteiger partial charge in [0.2, 0.25) is 11.8 Å². The molecule has 1 rings (SSSR count). The third-order valence-electron chi connectivity index (χ3n) is 2.12. The van der Waals surface area contributed by atoms with E-state index in [-0.39, 0.29) is 11.8 Å². The third-order valence-corrected chi connectivity index (χ3v) is 2.12. The Bertz CT molecular complexity index is 301. The van der Waals surface area contributed by atoms with Crippen molar-refractivity contribution in [3.63, 3.8) is 0 Å². The molecule has 0 radical (unpaired) electrons. The number of carbonyl (C=O) groups is 2. The van der Waals surface area contributed by atoms with Crippen molar-refractivity contribution < 1.29 is 9.59 Å². The lowest BCUT2D eigenvalue weighted by Crippen LogP contribution is -2.42. The van der Waals surface area contributed by atoms with Crippen LogP contribution >= 0.6 is 0 Å². The average molecular weight is 194 g/mol. The molecule has 1 aliphatic rings. The summed E-state index contributed by atoms with van der Waals surface area (Å²) in [7, 11) is 0. The van der Waals surface area contributed by atoms with Gasteiger partial charge < -0.3 is 10.2 Å². The van der Waals surface area contributed by atoms with Gasteiger partial charge in [0.05, 0.1) is 6.54 Å². The highest BCUT2D eigenvalue weighted by atomic mass is 16.2. The molecule has 0 aliphatic carbocycles. The molecule has 14 heavy (non-hydrogen) atoms. The normalized spacial score (nSPS) is 22.1. The van der Waals surface area contributed by atoms with Gasteiger partial charge in [-0.15, -0.1) is 5.92 Å². The van der Waals surface area contributed by atoms with E-state index in [1.165, 1.54) is 0 Å². The van der Waals surface area contributed by atoms with E-state index in [2.05, 4.69) is 17.2 Å². The Labute approximate surface area is 83.6 Å². The van der Waals surface area contributed by atoms with Crippen LogP contribution in [0.5, 0.6) is 0 Å². The van der Waals surface area contributed by atoms with Gasteiger partial charge in [0.15, 0.2) is 0 Å². The number of rotatable bonds is 1. The third kappa shape index (κ3) is 2.49. The predicted molar refractivity (Wildman–Crippen MR) is 52.3 cm³/mol. The molecule has 1 atom stereocenters. The Morgan fingerprint density at radius 1 is 1.57 bits per heavy atom. The summed E-state index contributed by atoms with van der Waals surface area (Å²) in [5.74, 6) is 5.43. The fraction of sp³-hybridized carbons (Fsp3) is 0.600. The van der Waals surface area contributed by atoms with Crippen molar-refractivity contribution in [1.82, 2.24) is 10.2 Å².